The van der Waals surface area contributed by atoms with Crippen molar-refractivity contribution in [3.8, 4) is 0 Å². The summed E-state index contributed by atoms with van der Waals surface area (Å²) < 4.78 is 24.1. The maximum absolute atomic E-state index is 13.8. The molecule has 2 aliphatic rings. The van der Waals surface area contributed by atoms with Gasteiger partial charge in [0, 0.05) is 31.1 Å². The Hall–Kier alpha value is -2.23. The molecule has 0 radical (unpaired) electrons. The Bertz CT molecular complexity index is 1060. The van der Waals surface area contributed by atoms with Gasteiger partial charge in [0.2, 0.25) is 11.8 Å². The molecule has 4 rings (SSSR count). The van der Waals surface area contributed by atoms with E-state index in [4.69, 9.17) is 0 Å². The van der Waals surface area contributed by atoms with Crippen LogP contribution in [0, 0.1) is 12.8 Å². The highest BCUT2D eigenvalue weighted by Gasteiger charge is 2.49. The second-order valence-corrected chi connectivity index (χ2v) is 11.7. The summed E-state index contributed by atoms with van der Waals surface area (Å²) in [4.78, 5) is 29.6. The van der Waals surface area contributed by atoms with Crippen LogP contribution in [0.15, 0.2) is 41.8 Å². The number of nitrogens with zero attached hydrogens (tertiary/aromatic N) is 3. The zero-order chi connectivity index (χ0) is 22.3. The lowest BCUT2D eigenvalue weighted by Gasteiger charge is -2.37. The summed E-state index contributed by atoms with van der Waals surface area (Å²) >= 11 is 1.52. The van der Waals surface area contributed by atoms with Crippen molar-refractivity contribution in [2.24, 2.45) is 5.92 Å². The lowest BCUT2D eigenvalue weighted by Crippen LogP contribution is -2.52. The highest BCUT2D eigenvalue weighted by Crippen LogP contribution is 2.44. The van der Waals surface area contributed by atoms with Crippen LogP contribution < -0.4 is 4.90 Å². The molecule has 0 aliphatic carbocycles. The number of rotatable bonds is 5. The molecule has 0 N–H and O–H groups in total. The van der Waals surface area contributed by atoms with E-state index in [0.29, 0.717) is 6.42 Å². The summed E-state index contributed by atoms with van der Waals surface area (Å²) in [6.45, 7) is 1.99. The van der Waals surface area contributed by atoms with Crippen molar-refractivity contribution in [2.45, 2.75) is 31.8 Å². The molecular weight excluding hydrogens is 434 g/mol. The largest absolute Gasteiger partial charge is 0.303 e. The number of aryl methyl sites for hydroxylation is 1. The molecule has 3 heterocycles. The van der Waals surface area contributed by atoms with Gasteiger partial charge < -0.3 is 4.90 Å². The summed E-state index contributed by atoms with van der Waals surface area (Å²) in [5.74, 6) is -0.837. The number of hydrogen-bond acceptors (Lipinski definition) is 6. The van der Waals surface area contributed by atoms with E-state index in [1.165, 1.54) is 11.3 Å². The molecule has 1 aromatic carbocycles. The average molecular weight is 462 g/mol. The molecule has 2 amide bonds. The average Bonchev–Trinajstić information content (AvgIpc) is 3.41. The van der Waals surface area contributed by atoms with Crippen molar-refractivity contribution < 1.29 is 18.0 Å². The van der Waals surface area contributed by atoms with E-state index >= 15 is 0 Å². The summed E-state index contributed by atoms with van der Waals surface area (Å²) in [6, 6.07) is 10.8. The van der Waals surface area contributed by atoms with Crippen LogP contribution >= 0.6 is 11.3 Å². The van der Waals surface area contributed by atoms with Gasteiger partial charge in [-0.3, -0.25) is 14.6 Å². The Balaban J connectivity index is 1.71. The monoisotopic (exact) mass is 461 g/mol. The van der Waals surface area contributed by atoms with E-state index in [1.807, 2.05) is 48.7 Å². The van der Waals surface area contributed by atoms with Crippen molar-refractivity contribution in [3.05, 3.63) is 52.2 Å². The van der Waals surface area contributed by atoms with Gasteiger partial charge in [-0.1, -0.05) is 23.8 Å². The first-order valence-corrected chi connectivity index (χ1v) is 13.0. The normalized spacial score (nSPS) is 25.4. The van der Waals surface area contributed by atoms with Crippen LogP contribution in [0.2, 0.25) is 0 Å². The number of sulfone groups is 1. The number of carbonyl (C=O) groups excluding carboxylic acids is 2. The quantitative estimate of drug-likeness (QED) is 0.640. The predicted molar refractivity (Wildman–Crippen MR) is 121 cm³/mol. The van der Waals surface area contributed by atoms with Gasteiger partial charge in [-0.25, -0.2) is 13.4 Å². The van der Waals surface area contributed by atoms with E-state index in [0.717, 1.165) is 16.1 Å². The van der Waals surface area contributed by atoms with Gasteiger partial charge in [0.05, 0.1) is 29.5 Å². The van der Waals surface area contributed by atoms with Gasteiger partial charge in [0.25, 0.3) is 0 Å². The number of amides is 2. The minimum absolute atomic E-state index is 0.0388. The van der Waals surface area contributed by atoms with Crippen molar-refractivity contribution in [3.63, 3.8) is 0 Å². The van der Waals surface area contributed by atoms with Crippen LogP contribution in [0.5, 0.6) is 0 Å². The SMILES string of the molecule is Cc1ccc(N2C(=O)C[C@H](C(=O)N([C@H]3CCS(=O)(=O)C3)N(C)C)[C@H]2c2cccs2)cc1. The smallest absolute Gasteiger partial charge is 0.243 e. The Kier molecular flexibility index (Phi) is 5.93. The van der Waals surface area contributed by atoms with Gasteiger partial charge in [0.1, 0.15) is 0 Å². The molecule has 0 bridgehead atoms. The van der Waals surface area contributed by atoms with Gasteiger partial charge >= 0.3 is 0 Å². The first-order valence-electron chi connectivity index (χ1n) is 10.3. The van der Waals surface area contributed by atoms with Crippen LogP contribution in [0.25, 0.3) is 0 Å². The third-order valence-corrected chi connectivity index (χ3v) is 8.69. The number of hydrazine groups is 1. The third-order valence-electron chi connectivity index (χ3n) is 6.00. The summed E-state index contributed by atoms with van der Waals surface area (Å²) in [7, 11) is 0.343. The van der Waals surface area contributed by atoms with Gasteiger partial charge in [-0.15, -0.1) is 11.3 Å². The molecule has 3 atom stereocenters. The fourth-order valence-corrected chi connectivity index (χ4v) is 7.16. The maximum atomic E-state index is 13.8. The minimum Gasteiger partial charge on any atom is -0.303 e. The Morgan fingerprint density at radius 2 is 1.87 bits per heavy atom. The van der Waals surface area contributed by atoms with Crippen molar-refractivity contribution in [2.75, 3.05) is 30.5 Å². The molecule has 2 aromatic rings. The molecule has 1 aromatic heterocycles. The lowest BCUT2D eigenvalue weighted by molar-refractivity contribution is -0.154. The van der Waals surface area contributed by atoms with E-state index in [-0.39, 0.29) is 29.7 Å². The summed E-state index contributed by atoms with van der Waals surface area (Å²) in [5.41, 5.74) is 1.86. The Labute approximate surface area is 187 Å². The Morgan fingerprint density at radius 3 is 2.42 bits per heavy atom. The minimum atomic E-state index is -3.15. The summed E-state index contributed by atoms with van der Waals surface area (Å²) in [6.07, 6.45) is 0.511. The maximum Gasteiger partial charge on any atom is 0.243 e. The van der Waals surface area contributed by atoms with E-state index in [1.54, 1.807) is 29.0 Å². The standard InChI is InChI=1S/C22H27N3O4S2/c1-15-6-8-16(9-7-15)24-20(26)13-18(21(24)19-5-4-11-30-19)22(27)25(23(2)3)17-10-12-31(28,29)14-17/h4-9,11,17-18,21H,10,12-14H2,1-3H3/t17-,18-,21-/m0/s1. The molecule has 0 unspecified atom stereocenters. The van der Waals surface area contributed by atoms with Crippen LogP contribution in [-0.4, -0.2) is 61.9 Å². The zero-order valence-corrected chi connectivity index (χ0v) is 19.5. The number of anilines is 1. The molecule has 2 fully saturated rings. The van der Waals surface area contributed by atoms with Crippen LogP contribution in [0.1, 0.15) is 29.3 Å². The fraction of sp³-hybridized carbons (Fsp3) is 0.455. The first-order chi connectivity index (χ1) is 14.7. The molecule has 9 heteroatoms. The second-order valence-electron chi connectivity index (χ2n) is 8.46. The molecule has 7 nitrogen and oxygen atoms in total. The second kappa shape index (κ2) is 8.37. The molecular formula is C22H27N3O4S2. The molecule has 0 saturated carbocycles. The lowest BCUT2D eigenvalue weighted by atomic mass is 9.96. The van der Waals surface area contributed by atoms with Crippen LogP contribution in [0.3, 0.4) is 0 Å². The Morgan fingerprint density at radius 1 is 1.16 bits per heavy atom. The van der Waals surface area contributed by atoms with E-state index in [2.05, 4.69) is 0 Å². The number of thiophene rings is 1. The number of carbonyl (C=O) groups is 2. The number of hydrogen-bond donors (Lipinski definition) is 0. The van der Waals surface area contributed by atoms with Gasteiger partial charge in [-0.2, -0.15) is 0 Å². The molecule has 2 aliphatic heterocycles. The first kappa shape index (κ1) is 22.0. The molecule has 31 heavy (non-hydrogen) atoms. The summed E-state index contributed by atoms with van der Waals surface area (Å²) in [5, 5.41) is 5.17. The topological polar surface area (TPSA) is 78.0 Å². The van der Waals surface area contributed by atoms with E-state index < -0.39 is 27.8 Å². The van der Waals surface area contributed by atoms with Gasteiger partial charge in [0.15, 0.2) is 9.84 Å². The van der Waals surface area contributed by atoms with Crippen molar-refractivity contribution in [1.82, 2.24) is 10.0 Å². The number of benzene rings is 1. The zero-order valence-electron chi connectivity index (χ0n) is 17.9. The highest BCUT2D eigenvalue weighted by atomic mass is 32.2. The van der Waals surface area contributed by atoms with Crippen molar-refractivity contribution >= 4 is 38.7 Å². The predicted octanol–water partition coefficient (Wildman–Crippen LogP) is 2.64. The molecule has 166 valence electrons. The van der Waals surface area contributed by atoms with E-state index in [9.17, 15) is 18.0 Å². The third kappa shape index (κ3) is 4.26. The fourth-order valence-electron chi connectivity index (χ4n) is 4.59. The molecule has 0 spiro atoms. The molecule has 2 saturated heterocycles. The van der Waals surface area contributed by atoms with Crippen LogP contribution in [-0.2, 0) is 19.4 Å². The highest BCUT2D eigenvalue weighted by molar-refractivity contribution is 7.91. The van der Waals surface area contributed by atoms with Gasteiger partial charge in [-0.05, 0) is 36.9 Å². The van der Waals surface area contributed by atoms with Crippen LogP contribution in [0.4, 0.5) is 5.69 Å². The van der Waals surface area contributed by atoms with Crippen molar-refractivity contribution in [1.29, 1.82) is 0 Å².